The van der Waals surface area contributed by atoms with Crippen LogP contribution < -0.4 is 5.32 Å². The van der Waals surface area contributed by atoms with E-state index in [9.17, 15) is 4.79 Å². The maximum absolute atomic E-state index is 12.1. The van der Waals surface area contributed by atoms with Gasteiger partial charge in [-0.05, 0) is 20.8 Å². The zero-order chi connectivity index (χ0) is 16.4. The van der Waals surface area contributed by atoms with Crippen LogP contribution in [0.4, 0.5) is 0 Å². The lowest BCUT2D eigenvalue weighted by molar-refractivity contribution is -0.121. The molecule has 0 saturated carbocycles. The number of morpholine rings is 1. The normalized spacial score (nSPS) is 24.0. The van der Waals surface area contributed by atoms with Gasteiger partial charge in [-0.25, -0.2) is 4.98 Å². The highest BCUT2D eigenvalue weighted by Crippen LogP contribution is 2.14. The standard InChI is InChI=1S/C16H24N4O2S/c1-11(20-8-12(2)22-13(3)9-20)7-17-15(21)6-14-10-19-4-5-23-16(19)18-14/h4-5,10-13H,6-9H2,1-3H3,(H,17,21)/t11-,12-,13+/m1/s1. The number of nitrogens with one attached hydrogen (secondary N) is 1. The molecule has 126 valence electrons. The fourth-order valence-electron chi connectivity index (χ4n) is 3.06. The summed E-state index contributed by atoms with van der Waals surface area (Å²) < 4.78 is 7.70. The van der Waals surface area contributed by atoms with Crippen molar-refractivity contribution in [3.05, 3.63) is 23.5 Å². The quantitative estimate of drug-likeness (QED) is 0.900. The van der Waals surface area contributed by atoms with Crippen molar-refractivity contribution in [3.63, 3.8) is 0 Å². The average molecular weight is 336 g/mol. The van der Waals surface area contributed by atoms with E-state index in [0.29, 0.717) is 19.0 Å². The Morgan fingerprint density at radius 2 is 2.22 bits per heavy atom. The number of ether oxygens (including phenoxy) is 1. The van der Waals surface area contributed by atoms with Crippen LogP contribution in [0.15, 0.2) is 17.8 Å². The van der Waals surface area contributed by atoms with Crippen LogP contribution in [0.5, 0.6) is 0 Å². The highest BCUT2D eigenvalue weighted by molar-refractivity contribution is 7.15. The van der Waals surface area contributed by atoms with Crippen LogP contribution in [0.3, 0.4) is 0 Å². The highest BCUT2D eigenvalue weighted by atomic mass is 32.1. The van der Waals surface area contributed by atoms with Crippen molar-refractivity contribution in [3.8, 4) is 0 Å². The SMILES string of the molecule is C[C@@H]1CN([C@H](C)CNC(=O)Cc2cn3ccsc3n2)C[C@H](C)O1. The third-order valence-electron chi connectivity index (χ3n) is 4.15. The second kappa shape index (κ2) is 6.98. The molecule has 0 radical (unpaired) electrons. The number of hydrogen-bond acceptors (Lipinski definition) is 5. The number of rotatable bonds is 5. The molecular weight excluding hydrogens is 312 g/mol. The van der Waals surface area contributed by atoms with E-state index in [0.717, 1.165) is 23.7 Å². The minimum atomic E-state index is 0.0250. The first-order valence-electron chi connectivity index (χ1n) is 8.08. The van der Waals surface area contributed by atoms with E-state index in [1.807, 2.05) is 22.2 Å². The van der Waals surface area contributed by atoms with E-state index in [1.165, 1.54) is 0 Å². The smallest absolute Gasteiger partial charge is 0.226 e. The zero-order valence-electron chi connectivity index (χ0n) is 13.9. The van der Waals surface area contributed by atoms with E-state index in [2.05, 4.69) is 36.0 Å². The Kier molecular flexibility index (Phi) is 4.99. The van der Waals surface area contributed by atoms with Crippen LogP contribution >= 0.6 is 11.3 Å². The van der Waals surface area contributed by atoms with Crippen molar-refractivity contribution in [1.82, 2.24) is 19.6 Å². The molecule has 3 heterocycles. The maximum atomic E-state index is 12.1. The Morgan fingerprint density at radius 3 is 2.91 bits per heavy atom. The number of nitrogens with zero attached hydrogens (tertiary/aromatic N) is 3. The minimum absolute atomic E-state index is 0.0250. The Balaban J connectivity index is 1.47. The topological polar surface area (TPSA) is 58.9 Å². The molecule has 0 aliphatic carbocycles. The largest absolute Gasteiger partial charge is 0.373 e. The molecule has 0 unspecified atom stereocenters. The Hall–Kier alpha value is -1.44. The number of thiazole rings is 1. The Morgan fingerprint density at radius 1 is 1.48 bits per heavy atom. The predicted octanol–water partition coefficient (Wildman–Crippen LogP) is 1.55. The predicted molar refractivity (Wildman–Crippen MR) is 90.8 cm³/mol. The summed E-state index contributed by atoms with van der Waals surface area (Å²) in [6.07, 6.45) is 4.69. The number of amides is 1. The van der Waals surface area contributed by atoms with Crippen molar-refractivity contribution in [2.24, 2.45) is 0 Å². The summed E-state index contributed by atoms with van der Waals surface area (Å²) in [6, 6.07) is 0.304. The second-order valence-electron chi connectivity index (χ2n) is 6.37. The summed E-state index contributed by atoms with van der Waals surface area (Å²) in [5.41, 5.74) is 0.815. The van der Waals surface area contributed by atoms with Crippen LogP contribution in [-0.2, 0) is 16.0 Å². The van der Waals surface area contributed by atoms with Gasteiger partial charge in [0.1, 0.15) is 0 Å². The number of fused-ring (bicyclic) bond motifs is 1. The minimum Gasteiger partial charge on any atom is -0.373 e. The van der Waals surface area contributed by atoms with Crippen LogP contribution in [0, 0.1) is 0 Å². The molecule has 7 heteroatoms. The molecule has 3 atom stereocenters. The molecule has 0 aromatic carbocycles. The first-order valence-corrected chi connectivity index (χ1v) is 8.96. The van der Waals surface area contributed by atoms with E-state index >= 15 is 0 Å². The van der Waals surface area contributed by atoms with Gasteiger partial charge in [0.05, 0.1) is 24.3 Å². The molecule has 1 fully saturated rings. The summed E-state index contributed by atoms with van der Waals surface area (Å²) in [4.78, 5) is 19.9. The molecule has 2 aromatic rings. The van der Waals surface area contributed by atoms with Crippen LogP contribution in [-0.4, -0.2) is 58.1 Å². The summed E-state index contributed by atoms with van der Waals surface area (Å²) in [5.74, 6) is 0.0250. The molecule has 0 bridgehead atoms. The molecule has 1 saturated heterocycles. The first-order chi connectivity index (χ1) is 11.0. The fraction of sp³-hybridized carbons (Fsp3) is 0.625. The number of imidazole rings is 1. The van der Waals surface area contributed by atoms with Crippen molar-refractivity contribution in [1.29, 1.82) is 0 Å². The number of aromatic nitrogens is 2. The van der Waals surface area contributed by atoms with Crippen LogP contribution in [0.1, 0.15) is 26.5 Å². The molecule has 2 aromatic heterocycles. The van der Waals surface area contributed by atoms with E-state index in [-0.39, 0.29) is 18.1 Å². The van der Waals surface area contributed by atoms with Gasteiger partial charge in [0, 0.05) is 43.4 Å². The van der Waals surface area contributed by atoms with E-state index in [1.54, 1.807) is 11.3 Å². The summed E-state index contributed by atoms with van der Waals surface area (Å²) in [5, 5.41) is 5.01. The molecule has 0 spiro atoms. The molecular formula is C16H24N4O2S. The van der Waals surface area contributed by atoms with Gasteiger partial charge in [-0.15, -0.1) is 11.3 Å². The van der Waals surface area contributed by atoms with Crippen LogP contribution in [0.2, 0.25) is 0 Å². The van der Waals surface area contributed by atoms with Gasteiger partial charge >= 0.3 is 0 Å². The molecule has 6 nitrogen and oxygen atoms in total. The number of hydrogen-bond donors (Lipinski definition) is 1. The van der Waals surface area contributed by atoms with Crippen molar-refractivity contribution in [2.45, 2.75) is 45.4 Å². The van der Waals surface area contributed by atoms with Gasteiger partial charge < -0.3 is 10.1 Å². The zero-order valence-corrected chi connectivity index (χ0v) is 14.7. The van der Waals surface area contributed by atoms with Gasteiger partial charge in [0.2, 0.25) is 5.91 Å². The maximum Gasteiger partial charge on any atom is 0.226 e. The second-order valence-corrected chi connectivity index (χ2v) is 7.24. The lowest BCUT2D eigenvalue weighted by Gasteiger charge is -2.39. The summed E-state index contributed by atoms with van der Waals surface area (Å²) >= 11 is 1.57. The third-order valence-corrected chi connectivity index (χ3v) is 4.92. The van der Waals surface area contributed by atoms with Gasteiger partial charge in [0.15, 0.2) is 4.96 Å². The van der Waals surface area contributed by atoms with Crippen molar-refractivity contribution < 1.29 is 9.53 Å². The summed E-state index contributed by atoms with van der Waals surface area (Å²) in [6.45, 7) is 8.83. The van der Waals surface area contributed by atoms with Gasteiger partial charge in [-0.2, -0.15) is 0 Å². The lowest BCUT2D eigenvalue weighted by Crippen LogP contribution is -2.52. The average Bonchev–Trinajstić information content (AvgIpc) is 3.04. The van der Waals surface area contributed by atoms with Gasteiger partial charge in [-0.1, -0.05) is 0 Å². The molecule has 1 N–H and O–H groups in total. The molecule has 1 aliphatic heterocycles. The Labute approximate surface area is 140 Å². The number of carbonyl (C=O) groups is 1. The molecule has 1 amide bonds. The van der Waals surface area contributed by atoms with E-state index in [4.69, 9.17) is 4.74 Å². The van der Waals surface area contributed by atoms with Gasteiger partial charge in [0.25, 0.3) is 0 Å². The lowest BCUT2D eigenvalue weighted by atomic mass is 10.1. The highest BCUT2D eigenvalue weighted by Gasteiger charge is 2.25. The summed E-state index contributed by atoms with van der Waals surface area (Å²) in [7, 11) is 0. The van der Waals surface area contributed by atoms with Crippen molar-refractivity contribution in [2.75, 3.05) is 19.6 Å². The monoisotopic (exact) mass is 336 g/mol. The van der Waals surface area contributed by atoms with Gasteiger partial charge in [-0.3, -0.25) is 14.1 Å². The number of carbonyl (C=O) groups excluding carboxylic acids is 1. The van der Waals surface area contributed by atoms with Crippen LogP contribution in [0.25, 0.3) is 4.96 Å². The molecule has 3 rings (SSSR count). The Bertz CT molecular complexity index is 629. The molecule has 23 heavy (non-hydrogen) atoms. The fourth-order valence-corrected chi connectivity index (χ4v) is 3.78. The van der Waals surface area contributed by atoms with Crippen molar-refractivity contribution >= 4 is 22.2 Å². The molecule has 1 aliphatic rings. The third kappa shape index (κ3) is 4.10. The first kappa shape index (κ1) is 16.4. The van der Waals surface area contributed by atoms with E-state index < -0.39 is 0 Å².